The summed E-state index contributed by atoms with van der Waals surface area (Å²) < 4.78 is 42.2. The molecule has 0 fully saturated rings. The molecule has 6 N–H and O–H groups in total. The first-order valence-corrected chi connectivity index (χ1v) is 6.75. The fraction of sp³-hybridized carbons (Fsp3) is 1.00. The molecule has 1 atom stereocenters. The van der Waals surface area contributed by atoms with Crippen LogP contribution in [0.5, 0.6) is 0 Å². The molecule has 0 aliphatic rings. The van der Waals surface area contributed by atoms with E-state index in [9.17, 15) is 4.57 Å². The van der Waals surface area contributed by atoms with Gasteiger partial charge in [-0.2, -0.15) is 8.42 Å². The van der Waals surface area contributed by atoms with E-state index in [2.05, 4.69) is 0 Å². The molecule has 8 nitrogen and oxygen atoms in total. The monoisotopic (exact) mass is 265 g/mol. The van der Waals surface area contributed by atoms with Gasteiger partial charge < -0.3 is 15.5 Å². The average Bonchev–Trinajstić information content (AvgIpc) is 1.79. The minimum atomic E-state index is -4.67. The summed E-state index contributed by atoms with van der Waals surface area (Å²) in [4.78, 5) is 17.4. The van der Waals surface area contributed by atoms with Crippen LogP contribution in [0.1, 0.15) is 20.8 Å². The maximum absolute atomic E-state index is 10.7. The summed E-state index contributed by atoms with van der Waals surface area (Å²) >= 11 is 0. The van der Waals surface area contributed by atoms with Gasteiger partial charge in [-0.25, -0.2) is 0 Å². The Morgan fingerprint density at radius 3 is 1.47 bits per heavy atom. The van der Waals surface area contributed by atoms with E-state index in [0.29, 0.717) is 0 Å². The van der Waals surface area contributed by atoms with Crippen LogP contribution in [-0.4, -0.2) is 32.6 Å². The van der Waals surface area contributed by atoms with Crippen LogP contribution in [0.2, 0.25) is 0 Å². The second-order valence-corrected chi connectivity index (χ2v) is 6.32. The van der Waals surface area contributed by atoms with E-state index in [-0.39, 0.29) is 5.92 Å². The Labute approximate surface area is 88.2 Å². The van der Waals surface area contributed by atoms with Gasteiger partial charge in [0.25, 0.3) is 0 Å². The Hall–Kier alpha value is -0.0200. The van der Waals surface area contributed by atoms with Gasteiger partial charge in [0.05, 0.1) is 0 Å². The van der Waals surface area contributed by atoms with Crippen molar-refractivity contribution in [3.8, 4) is 0 Å². The van der Waals surface area contributed by atoms with E-state index in [1.165, 1.54) is 6.92 Å². The molecule has 0 aliphatic carbocycles. The Morgan fingerprint density at radius 2 is 1.47 bits per heavy atom. The highest BCUT2D eigenvalue weighted by Crippen LogP contribution is 2.50. The fourth-order valence-corrected chi connectivity index (χ4v) is 1.01. The molecule has 0 saturated heterocycles. The molecule has 0 saturated carbocycles. The largest absolute Gasteiger partial charge is 0.394 e. The van der Waals surface area contributed by atoms with Crippen LogP contribution in [0.4, 0.5) is 0 Å². The van der Waals surface area contributed by atoms with Gasteiger partial charge in [0.15, 0.2) is 0 Å². The van der Waals surface area contributed by atoms with Gasteiger partial charge in [-0.3, -0.25) is 13.7 Å². The highest BCUT2D eigenvalue weighted by molar-refractivity contribution is 7.79. The van der Waals surface area contributed by atoms with Crippen molar-refractivity contribution in [2.75, 3.05) is 0 Å². The zero-order chi connectivity index (χ0) is 13.1. The third kappa shape index (κ3) is 8.94. The molecule has 0 spiro atoms. The lowest BCUT2D eigenvalue weighted by Crippen LogP contribution is -2.41. The lowest BCUT2D eigenvalue weighted by Gasteiger charge is -2.29. The van der Waals surface area contributed by atoms with Crippen molar-refractivity contribution in [2.24, 2.45) is 11.7 Å². The van der Waals surface area contributed by atoms with Crippen molar-refractivity contribution in [1.29, 1.82) is 0 Å². The molecule has 15 heavy (non-hydrogen) atoms. The summed E-state index contributed by atoms with van der Waals surface area (Å²) in [5, 5.41) is -1.40. The van der Waals surface area contributed by atoms with Gasteiger partial charge >= 0.3 is 18.0 Å². The SMILES string of the molecule is CC(C)C(C)(N)P(=O)(O)O.O=S(=O)(O)O. The quantitative estimate of drug-likeness (QED) is 0.340. The molecule has 0 heterocycles. The van der Waals surface area contributed by atoms with Gasteiger partial charge in [-0.1, -0.05) is 13.8 Å². The normalized spacial score (nSPS) is 16.6. The molecular formula is C5H16NO7PS. The van der Waals surface area contributed by atoms with E-state index in [0.717, 1.165) is 0 Å². The molecule has 94 valence electrons. The zero-order valence-electron chi connectivity index (χ0n) is 8.52. The second-order valence-electron chi connectivity index (χ2n) is 3.37. The average molecular weight is 265 g/mol. The van der Waals surface area contributed by atoms with Gasteiger partial charge in [-0.15, -0.1) is 0 Å². The number of rotatable bonds is 2. The molecule has 10 heteroatoms. The minimum absolute atomic E-state index is 0.228. The molecular weight excluding hydrogens is 249 g/mol. The molecule has 0 bridgehead atoms. The van der Waals surface area contributed by atoms with Gasteiger partial charge in [-0.05, 0) is 12.8 Å². The molecule has 0 aromatic rings. The summed E-state index contributed by atoms with van der Waals surface area (Å²) in [7, 11) is -8.81. The van der Waals surface area contributed by atoms with Crippen LogP contribution >= 0.6 is 7.60 Å². The van der Waals surface area contributed by atoms with Crippen molar-refractivity contribution in [2.45, 2.75) is 26.1 Å². The minimum Gasteiger partial charge on any atom is -0.323 e. The second kappa shape index (κ2) is 5.35. The highest BCUT2D eigenvalue weighted by atomic mass is 32.3. The Kier molecular flexibility index (Phi) is 6.20. The molecule has 0 aliphatic heterocycles. The summed E-state index contributed by atoms with van der Waals surface area (Å²) in [6, 6.07) is 0. The van der Waals surface area contributed by atoms with E-state index < -0.39 is 23.3 Å². The van der Waals surface area contributed by atoms with Crippen LogP contribution in [0.25, 0.3) is 0 Å². The molecule has 0 radical (unpaired) electrons. The lowest BCUT2D eigenvalue weighted by molar-refractivity contribution is 0.300. The topological polar surface area (TPSA) is 158 Å². The zero-order valence-corrected chi connectivity index (χ0v) is 10.2. The van der Waals surface area contributed by atoms with E-state index in [1.54, 1.807) is 13.8 Å². The van der Waals surface area contributed by atoms with Crippen LogP contribution in [-0.2, 0) is 15.0 Å². The fourth-order valence-electron chi connectivity index (χ4n) is 0.336. The van der Waals surface area contributed by atoms with E-state index in [4.69, 9.17) is 33.0 Å². The van der Waals surface area contributed by atoms with Crippen LogP contribution < -0.4 is 5.73 Å². The van der Waals surface area contributed by atoms with Crippen LogP contribution in [0.15, 0.2) is 0 Å². The van der Waals surface area contributed by atoms with Gasteiger partial charge in [0.1, 0.15) is 5.28 Å². The predicted octanol–water partition coefficient (Wildman–Crippen LogP) is -0.158. The number of hydrogen-bond donors (Lipinski definition) is 5. The van der Waals surface area contributed by atoms with Crippen LogP contribution in [0, 0.1) is 5.92 Å². The Bertz CT molecular complexity index is 321. The van der Waals surface area contributed by atoms with Crippen molar-refractivity contribution in [1.82, 2.24) is 0 Å². The summed E-state index contributed by atoms with van der Waals surface area (Å²) in [6.07, 6.45) is 0. The summed E-state index contributed by atoms with van der Waals surface area (Å²) in [6.45, 7) is 4.72. The molecule has 1 unspecified atom stereocenters. The predicted molar refractivity (Wildman–Crippen MR) is 53.7 cm³/mol. The van der Waals surface area contributed by atoms with Crippen molar-refractivity contribution >= 4 is 18.0 Å². The lowest BCUT2D eigenvalue weighted by atomic mass is 10.1. The highest BCUT2D eigenvalue weighted by Gasteiger charge is 2.41. The first kappa shape index (κ1) is 17.4. The standard InChI is InChI=1S/C5H14NO3P.H2O4S/c1-4(2)5(3,6)10(7,8)9;1-5(2,3)4/h4H,6H2,1-3H3,(H2,7,8,9);(H2,1,2,3,4). The first-order valence-electron chi connectivity index (χ1n) is 3.74. The van der Waals surface area contributed by atoms with E-state index in [1.807, 2.05) is 0 Å². The first-order chi connectivity index (χ1) is 6.19. The maximum atomic E-state index is 10.7. The van der Waals surface area contributed by atoms with E-state index >= 15 is 0 Å². The number of nitrogens with two attached hydrogens (primary N) is 1. The van der Waals surface area contributed by atoms with Crippen molar-refractivity contribution < 1.29 is 31.9 Å². The third-order valence-electron chi connectivity index (χ3n) is 1.80. The smallest absolute Gasteiger partial charge is 0.323 e. The third-order valence-corrected chi connectivity index (χ3v) is 3.57. The van der Waals surface area contributed by atoms with Crippen molar-refractivity contribution in [3.05, 3.63) is 0 Å². The molecule has 0 aromatic carbocycles. The molecule has 0 rings (SSSR count). The van der Waals surface area contributed by atoms with Gasteiger partial charge in [0.2, 0.25) is 0 Å². The summed E-state index contributed by atoms with van der Waals surface area (Å²) in [5.74, 6) is -0.228. The Balaban J connectivity index is 0. The molecule has 0 amide bonds. The van der Waals surface area contributed by atoms with Gasteiger partial charge in [0, 0.05) is 0 Å². The van der Waals surface area contributed by atoms with Crippen LogP contribution in [0.3, 0.4) is 0 Å². The maximum Gasteiger partial charge on any atom is 0.394 e. The van der Waals surface area contributed by atoms with Crippen molar-refractivity contribution in [3.63, 3.8) is 0 Å². The summed E-state index contributed by atoms with van der Waals surface area (Å²) in [5.41, 5.74) is 5.37. The molecule has 0 aromatic heterocycles. The Morgan fingerprint density at radius 1 is 1.27 bits per heavy atom. The number of hydrogen-bond acceptors (Lipinski definition) is 4.